The van der Waals surface area contributed by atoms with Crippen molar-refractivity contribution in [2.45, 2.75) is 33.2 Å². The van der Waals surface area contributed by atoms with Gasteiger partial charge in [0.2, 0.25) is 0 Å². The third kappa shape index (κ3) is 3.82. The van der Waals surface area contributed by atoms with E-state index in [2.05, 4.69) is 15.9 Å². The van der Waals surface area contributed by atoms with Gasteiger partial charge in [0.25, 0.3) is 5.91 Å². The molecule has 3 nitrogen and oxygen atoms in total. The van der Waals surface area contributed by atoms with Crippen LogP contribution in [0, 0.1) is 6.92 Å². The molecule has 0 saturated carbocycles. The lowest BCUT2D eigenvalue weighted by molar-refractivity contribution is 0.0692. The second-order valence-electron chi connectivity index (χ2n) is 4.65. The van der Waals surface area contributed by atoms with Gasteiger partial charge >= 0.3 is 0 Å². The van der Waals surface area contributed by atoms with Crippen molar-refractivity contribution in [2.24, 2.45) is 0 Å². The Bertz CT molecular complexity index is 418. The molecule has 0 spiro atoms. The average Bonchev–Trinajstić information content (AvgIpc) is 2.32. The number of hydrogen-bond acceptors (Lipinski definition) is 2. The normalized spacial score (nSPS) is 10.8. The molecular formula is C14H20BrNO2. The van der Waals surface area contributed by atoms with Gasteiger partial charge in [0.05, 0.1) is 5.56 Å². The van der Waals surface area contributed by atoms with E-state index in [0.29, 0.717) is 18.5 Å². The molecule has 100 valence electrons. The molecule has 1 N–H and O–H groups in total. The van der Waals surface area contributed by atoms with Crippen molar-refractivity contribution in [2.75, 3.05) is 13.2 Å². The first kappa shape index (κ1) is 15.2. The lowest BCUT2D eigenvalue weighted by atomic mass is 10.1. The second-order valence-corrected chi connectivity index (χ2v) is 5.51. The van der Waals surface area contributed by atoms with E-state index in [0.717, 1.165) is 10.0 Å². The maximum Gasteiger partial charge on any atom is 0.255 e. The highest BCUT2D eigenvalue weighted by molar-refractivity contribution is 9.10. The van der Waals surface area contributed by atoms with Crippen LogP contribution in [0.25, 0.3) is 0 Å². The molecule has 1 aromatic rings. The summed E-state index contributed by atoms with van der Waals surface area (Å²) in [5.41, 5.74) is 1.74. The van der Waals surface area contributed by atoms with Crippen LogP contribution in [-0.4, -0.2) is 35.1 Å². The smallest absolute Gasteiger partial charge is 0.255 e. The molecule has 0 bridgehead atoms. The van der Waals surface area contributed by atoms with E-state index in [1.54, 1.807) is 4.90 Å². The molecule has 0 aliphatic rings. The van der Waals surface area contributed by atoms with Gasteiger partial charge in [-0.3, -0.25) is 4.79 Å². The summed E-state index contributed by atoms with van der Waals surface area (Å²) < 4.78 is 0.813. The Morgan fingerprint density at radius 2 is 2.11 bits per heavy atom. The van der Waals surface area contributed by atoms with Crippen LogP contribution in [0.3, 0.4) is 0 Å². The number of aliphatic hydroxyl groups excluding tert-OH is 1. The Morgan fingerprint density at radius 1 is 1.44 bits per heavy atom. The van der Waals surface area contributed by atoms with Crippen LogP contribution in [0.2, 0.25) is 0 Å². The maximum absolute atomic E-state index is 12.5. The molecule has 4 heteroatoms. The van der Waals surface area contributed by atoms with Gasteiger partial charge in [-0.15, -0.1) is 0 Å². The quantitative estimate of drug-likeness (QED) is 0.908. The summed E-state index contributed by atoms with van der Waals surface area (Å²) in [6, 6.07) is 5.87. The zero-order valence-corrected chi connectivity index (χ0v) is 12.7. The number of aliphatic hydroxyl groups is 1. The molecule has 0 atom stereocenters. The Hall–Kier alpha value is -0.870. The third-order valence-electron chi connectivity index (χ3n) is 2.79. The van der Waals surface area contributed by atoms with Gasteiger partial charge in [0.1, 0.15) is 0 Å². The van der Waals surface area contributed by atoms with Crippen molar-refractivity contribution in [3.8, 4) is 0 Å². The number of hydrogen-bond donors (Lipinski definition) is 1. The predicted molar refractivity (Wildman–Crippen MR) is 76.8 cm³/mol. The number of carbonyl (C=O) groups excluding carboxylic acids is 1. The molecule has 1 aromatic carbocycles. The van der Waals surface area contributed by atoms with Crippen LogP contribution < -0.4 is 0 Å². The van der Waals surface area contributed by atoms with Crippen molar-refractivity contribution in [1.82, 2.24) is 4.90 Å². The molecule has 1 rings (SSSR count). The molecule has 0 aromatic heterocycles. The fourth-order valence-electron chi connectivity index (χ4n) is 1.79. The monoisotopic (exact) mass is 313 g/mol. The van der Waals surface area contributed by atoms with E-state index in [-0.39, 0.29) is 18.6 Å². The van der Waals surface area contributed by atoms with Crippen molar-refractivity contribution in [3.05, 3.63) is 33.8 Å². The molecule has 18 heavy (non-hydrogen) atoms. The summed E-state index contributed by atoms with van der Waals surface area (Å²) in [7, 11) is 0. The van der Waals surface area contributed by atoms with Crippen molar-refractivity contribution >= 4 is 21.8 Å². The average molecular weight is 314 g/mol. The Kier molecular flexibility index (Phi) is 5.82. The minimum absolute atomic E-state index is 0.00836. The van der Waals surface area contributed by atoms with E-state index in [1.807, 2.05) is 39.0 Å². The van der Waals surface area contributed by atoms with Gasteiger partial charge in [0.15, 0.2) is 0 Å². The molecule has 1 amide bonds. The number of amides is 1. The first-order chi connectivity index (χ1) is 8.47. The first-order valence-electron chi connectivity index (χ1n) is 6.15. The topological polar surface area (TPSA) is 40.5 Å². The number of nitrogens with zero attached hydrogens (tertiary/aromatic N) is 1. The van der Waals surface area contributed by atoms with Gasteiger partial charge in [-0.1, -0.05) is 11.6 Å². The van der Waals surface area contributed by atoms with E-state index in [4.69, 9.17) is 5.11 Å². The zero-order chi connectivity index (χ0) is 13.7. The summed E-state index contributed by atoms with van der Waals surface area (Å²) in [6.07, 6.45) is 0.605. The number of aryl methyl sites for hydroxylation is 1. The standard InChI is InChI=1S/C14H20BrNO2/c1-10(2)16(7-4-8-17)14(18)12-9-11(3)5-6-13(12)15/h5-6,9-10,17H,4,7-8H2,1-3H3. The van der Waals surface area contributed by atoms with Gasteiger partial charge in [0, 0.05) is 23.7 Å². The van der Waals surface area contributed by atoms with Crippen LogP contribution in [0.1, 0.15) is 36.2 Å². The summed E-state index contributed by atoms with van der Waals surface area (Å²) >= 11 is 3.42. The van der Waals surface area contributed by atoms with Crippen LogP contribution in [0.5, 0.6) is 0 Å². The van der Waals surface area contributed by atoms with Crippen LogP contribution >= 0.6 is 15.9 Å². The Labute approximate surface area is 117 Å². The van der Waals surface area contributed by atoms with Crippen LogP contribution in [0.15, 0.2) is 22.7 Å². The van der Waals surface area contributed by atoms with E-state index in [1.165, 1.54) is 0 Å². The highest BCUT2D eigenvalue weighted by atomic mass is 79.9. The maximum atomic E-state index is 12.5. The number of halogens is 1. The predicted octanol–water partition coefficient (Wildman–Crippen LogP) is 2.99. The summed E-state index contributed by atoms with van der Waals surface area (Å²) in [6.45, 7) is 6.62. The second kappa shape index (κ2) is 6.90. The summed E-state index contributed by atoms with van der Waals surface area (Å²) in [5.74, 6) is 0.00836. The number of rotatable bonds is 5. The molecule has 0 unspecified atom stereocenters. The number of carbonyl (C=O) groups is 1. The molecule has 0 fully saturated rings. The largest absolute Gasteiger partial charge is 0.396 e. The SMILES string of the molecule is Cc1ccc(Br)c(C(=O)N(CCCO)C(C)C)c1. The van der Waals surface area contributed by atoms with E-state index >= 15 is 0 Å². The molecule has 0 aliphatic carbocycles. The Morgan fingerprint density at radius 3 is 2.67 bits per heavy atom. The summed E-state index contributed by atoms with van der Waals surface area (Å²) in [5, 5.41) is 8.90. The van der Waals surface area contributed by atoms with E-state index in [9.17, 15) is 4.79 Å². The molecule has 0 heterocycles. The van der Waals surface area contributed by atoms with E-state index < -0.39 is 0 Å². The molecular weight excluding hydrogens is 294 g/mol. The van der Waals surface area contributed by atoms with Crippen LogP contribution in [0.4, 0.5) is 0 Å². The minimum atomic E-state index is 0.00836. The third-order valence-corrected chi connectivity index (χ3v) is 3.49. The fraction of sp³-hybridized carbons (Fsp3) is 0.500. The van der Waals surface area contributed by atoms with Gasteiger partial charge < -0.3 is 10.0 Å². The summed E-state index contributed by atoms with van der Waals surface area (Å²) in [4.78, 5) is 14.3. The highest BCUT2D eigenvalue weighted by Crippen LogP contribution is 2.21. The van der Waals surface area contributed by atoms with Gasteiger partial charge in [-0.05, 0) is 55.3 Å². The number of benzene rings is 1. The van der Waals surface area contributed by atoms with Gasteiger partial charge in [-0.25, -0.2) is 0 Å². The lowest BCUT2D eigenvalue weighted by Crippen LogP contribution is -2.38. The lowest BCUT2D eigenvalue weighted by Gasteiger charge is -2.27. The minimum Gasteiger partial charge on any atom is -0.396 e. The molecule has 0 radical (unpaired) electrons. The van der Waals surface area contributed by atoms with Gasteiger partial charge in [-0.2, -0.15) is 0 Å². The highest BCUT2D eigenvalue weighted by Gasteiger charge is 2.20. The molecule has 0 aliphatic heterocycles. The fourth-order valence-corrected chi connectivity index (χ4v) is 2.21. The van der Waals surface area contributed by atoms with Crippen molar-refractivity contribution in [3.63, 3.8) is 0 Å². The Balaban J connectivity index is 2.98. The molecule has 0 saturated heterocycles. The van der Waals surface area contributed by atoms with Crippen molar-refractivity contribution < 1.29 is 9.90 Å². The zero-order valence-electron chi connectivity index (χ0n) is 11.1. The van der Waals surface area contributed by atoms with Crippen molar-refractivity contribution in [1.29, 1.82) is 0 Å². The van der Waals surface area contributed by atoms with Crippen LogP contribution in [-0.2, 0) is 0 Å². The first-order valence-corrected chi connectivity index (χ1v) is 6.94.